The van der Waals surface area contributed by atoms with Crippen LogP contribution >= 0.6 is 0 Å². The van der Waals surface area contributed by atoms with E-state index in [9.17, 15) is 9.18 Å². The van der Waals surface area contributed by atoms with Crippen LogP contribution in [0.25, 0.3) is 6.08 Å². The number of carboxylic acids is 1. The SMILES string of the molecule is CCCN(C)c1ccc(F)cc1/C=C/C(=O)O. The van der Waals surface area contributed by atoms with Crippen LogP contribution < -0.4 is 4.90 Å². The fraction of sp³-hybridized carbons (Fsp3) is 0.308. The van der Waals surface area contributed by atoms with Crippen LogP contribution in [-0.2, 0) is 4.79 Å². The highest BCUT2D eigenvalue weighted by molar-refractivity contribution is 5.87. The maximum Gasteiger partial charge on any atom is 0.328 e. The number of carboxylic acid groups (broad SMARTS) is 1. The van der Waals surface area contributed by atoms with E-state index in [0.29, 0.717) is 5.56 Å². The molecule has 0 saturated carbocycles. The van der Waals surface area contributed by atoms with Crippen molar-refractivity contribution < 1.29 is 14.3 Å². The Kier molecular flexibility index (Phi) is 4.69. The molecule has 1 aromatic rings. The van der Waals surface area contributed by atoms with Crippen molar-refractivity contribution in [2.75, 3.05) is 18.5 Å². The number of halogens is 1. The maximum absolute atomic E-state index is 13.1. The summed E-state index contributed by atoms with van der Waals surface area (Å²) < 4.78 is 13.1. The van der Waals surface area contributed by atoms with Gasteiger partial charge in [-0.05, 0) is 30.7 Å². The summed E-state index contributed by atoms with van der Waals surface area (Å²) in [6.07, 6.45) is 3.39. The van der Waals surface area contributed by atoms with E-state index < -0.39 is 5.97 Å². The Morgan fingerprint density at radius 3 is 2.82 bits per heavy atom. The summed E-state index contributed by atoms with van der Waals surface area (Å²) in [4.78, 5) is 12.4. The Morgan fingerprint density at radius 2 is 2.24 bits per heavy atom. The summed E-state index contributed by atoms with van der Waals surface area (Å²) in [5.41, 5.74) is 1.40. The van der Waals surface area contributed by atoms with E-state index in [1.165, 1.54) is 18.2 Å². The van der Waals surface area contributed by atoms with Crippen LogP contribution in [0, 0.1) is 5.82 Å². The Hall–Kier alpha value is -1.84. The van der Waals surface area contributed by atoms with Crippen molar-refractivity contribution in [2.24, 2.45) is 0 Å². The molecule has 0 radical (unpaired) electrons. The van der Waals surface area contributed by atoms with E-state index in [2.05, 4.69) is 0 Å². The molecular formula is C13H16FNO2. The van der Waals surface area contributed by atoms with Crippen LogP contribution in [0.15, 0.2) is 24.3 Å². The topological polar surface area (TPSA) is 40.5 Å². The van der Waals surface area contributed by atoms with Gasteiger partial charge in [0.15, 0.2) is 0 Å². The van der Waals surface area contributed by atoms with Gasteiger partial charge in [0.2, 0.25) is 0 Å². The van der Waals surface area contributed by atoms with Crippen molar-refractivity contribution in [1.82, 2.24) is 0 Å². The minimum Gasteiger partial charge on any atom is -0.478 e. The summed E-state index contributed by atoms with van der Waals surface area (Å²) in [5.74, 6) is -1.41. The quantitative estimate of drug-likeness (QED) is 0.800. The summed E-state index contributed by atoms with van der Waals surface area (Å²) >= 11 is 0. The average molecular weight is 237 g/mol. The van der Waals surface area contributed by atoms with Crippen LogP contribution in [0.3, 0.4) is 0 Å². The Morgan fingerprint density at radius 1 is 1.53 bits per heavy atom. The minimum absolute atomic E-state index is 0.372. The second-order valence-electron chi connectivity index (χ2n) is 3.80. The summed E-state index contributed by atoms with van der Waals surface area (Å²) in [7, 11) is 1.90. The maximum atomic E-state index is 13.1. The van der Waals surface area contributed by atoms with E-state index in [0.717, 1.165) is 24.7 Å². The number of hydrogen-bond acceptors (Lipinski definition) is 2. The van der Waals surface area contributed by atoms with Crippen molar-refractivity contribution in [1.29, 1.82) is 0 Å². The highest BCUT2D eigenvalue weighted by Crippen LogP contribution is 2.22. The molecule has 0 unspecified atom stereocenters. The zero-order valence-electron chi connectivity index (χ0n) is 9.98. The normalized spacial score (nSPS) is 10.8. The molecule has 0 fully saturated rings. The van der Waals surface area contributed by atoms with Crippen molar-refractivity contribution in [3.63, 3.8) is 0 Å². The molecule has 17 heavy (non-hydrogen) atoms. The molecule has 0 atom stereocenters. The van der Waals surface area contributed by atoms with Crippen molar-refractivity contribution in [3.05, 3.63) is 35.7 Å². The Bertz CT molecular complexity index is 429. The lowest BCUT2D eigenvalue weighted by molar-refractivity contribution is -0.131. The lowest BCUT2D eigenvalue weighted by Crippen LogP contribution is -2.18. The largest absolute Gasteiger partial charge is 0.478 e. The summed E-state index contributed by atoms with van der Waals surface area (Å²) in [6, 6.07) is 4.37. The van der Waals surface area contributed by atoms with Crippen LogP contribution in [0.4, 0.5) is 10.1 Å². The predicted molar refractivity (Wildman–Crippen MR) is 66.6 cm³/mol. The molecule has 1 aromatic carbocycles. The number of hydrogen-bond donors (Lipinski definition) is 1. The molecule has 0 amide bonds. The third-order valence-corrected chi connectivity index (χ3v) is 2.37. The summed E-state index contributed by atoms with van der Waals surface area (Å²) in [5, 5.41) is 8.58. The second-order valence-corrected chi connectivity index (χ2v) is 3.80. The molecule has 0 spiro atoms. The van der Waals surface area contributed by atoms with E-state index in [4.69, 9.17) is 5.11 Å². The van der Waals surface area contributed by atoms with Crippen molar-refractivity contribution in [3.8, 4) is 0 Å². The van der Waals surface area contributed by atoms with E-state index >= 15 is 0 Å². The first-order valence-electron chi connectivity index (χ1n) is 5.46. The zero-order valence-corrected chi connectivity index (χ0v) is 9.98. The van der Waals surface area contributed by atoms with Gasteiger partial charge in [-0.2, -0.15) is 0 Å². The number of carbonyl (C=O) groups is 1. The highest BCUT2D eigenvalue weighted by Gasteiger charge is 2.06. The zero-order chi connectivity index (χ0) is 12.8. The summed E-state index contributed by atoms with van der Waals surface area (Å²) in [6.45, 7) is 2.88. The lowest BCUT2D eigenvalue weighted by Gasteiger charge is -2.20. The molecule has 0 saturated heterocycles. The standard InChI is InChI=1S/C13H16FNO2/c1-3-8-15(2)12-6-5-11(14)9-10(12)4-7-13(16)17/h4-7,9H,3,8H2,1-2H3,(H,16,17)/b7-4+. The molecule has 1 rings (SSSR count). The molecule has 0 aliphatic carbocycles. The van der Waals surface area contributed by atoms with Gasteiger partial charge in [-0.1, -0.05) is 6.92 Å². The highest BCUT2D eigenvalue weighted by atomic mass is 19.1. The van der Waals surface area contributed by atoms with E-state index in [-0.39, 0.29) is 5.82 Å². The second kappa shape index (κ2) is 6.03. The van der Waals surface area contributed by atoms with Gasteiger partial charge in [-0.3, -0.25) is 0 Å². The molecule has 0 heterocycles. The molecule has 92 valence electrons. The van der Waals surface area contributed by atoms with Gasteiger partial charge in [0.05, 0.1) is 0 Å². The van der Waals surface area contributed by atoms with Gasteiger partial charge in [-0.25, -0.2) is 9.18 Å². The Labute approximate surface area is 100 Å². The predicted octanol–water partition coefficient (Wildman–Crippen LogP) is 2.77. The first kappa shape index (κ1) is 13.2. The minimum atomic E-state index is -1.04. The van der Waals surface area contributed by atoms with Crippen LogP contribution in [0.5, 0.6) is 0 Å². The van der Waals surface area contributed by atoms with Crippen LogP contribution in [-0.4, -0.2) is 24.7 Å². The van der Waals surface area contributed by atoms with Gasteiger partial charge >= 0.3 is 5.97 Å². The van der Waals surface area contributed by atoms with Gasteiger partial charge < -0.3 is 10.0 Å². The first-order chi connectivity index (χ1) is 8.04. The number of rotatable bonds is 5. The molecule has 4 heteroatoms. The molecular weight excluding hydrogens is 221 g/mol. The van der Waals surface area contributed by atoms with Crippen LogP contribution in [0.1, 0.15) is 18.9 Å². The first-order valence-corrected chi connectivity index (χ1v) is 5.46. The van der Waals surface area contributed by atoms with Crippen LogP contribution in [0.2, 0.25) is 0 Å². The van der Waals surface area contributed by atoms with Crippen molar-refractivity contribution in [2.45, 2.75) is 13.3 Å². The third-order valence-electron chi connectivity index (χ3n) is 2.37. The monoisotopic (exact) mass is 237 g/mol. The molecule has 0 aromatic heterocycles. The smallest absolute Gasteiger partial charge is 0.328 e. The third kappa shape index (κ3) is 3.90. The molecule has 0 bridgehead atoms. The lowest BCUT2D eigenvalue weighted by atomic mass is 10.1. The fourth-order valence-electron chi connectivity index (χ4n) is 1.62. The van der Waals surface area contributed by atoms with Crippen molar-refractivity contribution >= 4 is 17.7 Å². The van der Waals surface area contributed by atoms with E-state index in [1.54, 1.807) is 6.07 Å². The molecule has 0 aliphatic heterocycles. The number of aliphatic carboxylic acids is 1. The van der Waals surface area contributed by atoms with Gasteiger partial charge in [0.25, 0.3) is 0 Å². The number of anilines is 1. The molecule has 3 nitrogen and oxygen atoms in total. The van der Waals surface area contributed by atoms with E-state index in [1.807, 2.05) is 18.9 Å². The number of benzene rings is 1. The Balaban J connectivity index is 3.07. The van der Waals surface area contributed by atoms with Gasteiger partial charge in [-0.15, -0.1) is 0 Å². The van der Waals surface area contributed by atoms with Gasteiger partial charge in [0.1, 0.15) is 5.82 Å². The van der Waals surface area contributed by atoms with Gasteiger partial charge in [0, 0.05) is 30.9 Å². The molecule has 0 aliphatic rings. The number of nitrogens with zero attached hydrogens (tertiary/aromatic N) is 1. The average Bonchev–Trinajstić information content (AvgIpc) is 2.26. The fourth-order valence-corrected chi connectivity index (χ4v) is 1.62. The molecule has 1 N–H and O–H groups in total.